The van der Waals surface area contributed by atoms with Gasteiger partial charge in [0.05, 0.1) is 22.6 Å². The third kappa shape index (κ3) is 3.21. The molecule has 3 N–H and O–H groups in total. The van der Waals surface area contributed by atoms with Crippen LogP contribution in [0.3, 0.4) is 0 Å². The Morgan fingerprint density at radius 3 is 2.88 bits per heavy atom. The number of aromatic nitrogens is 2. The second kappa shape index (κ2) is 5.20. The molecule has 2 rings (SSSR count). The van der Waals surface area contributed by atoms with Gasteiger partial charge in [0.15, 0.2) is 0 Å². The highest BCUT2D eigenvalue weighted by Crippen LogP contribution is 2.25. The van der Waals surface area contributed by atoms with E-state index in [1.807, 2.05) is 0 Å². The van der Waals surface area contributed by atoms with Gasteiger partial charge >= 0.3 is 6.03 Å². The quantitative estimate of drug-likeness (QED) is 0.794. The number of amides is 2. The van der Waals surface area contributed by atoms with Crippen molar-refractivity contribution in [3.8, 4) is 0 Å². The average molecular weight is 316 g/mol. The van der Waals surface area contributed by atoms with E-state index in [0.29, 0.717) is 16.4 Å². The molecular formula is C10H8BrClN4O. The van der Waals surface area contributed by atoms with Crippen molar-refractivity contribution in [1.82, 2.24) is 10.2 Å². The molecule has 0 aliphatic heterocycles. The van der Waals surface area contributed by atoms with Crippen molar-refractivity contribution >= 4 is 44.9 Å². The van der Waals surface area contributed by atoms with Gasteiger partial charge in [-0.3, -0.25) is 5.10 Å². The van der Waals surface area contributed by atoms with E-state index in [1.165, 1.54) is 6.20 Å². The lowest BCUT2D eigenvalue weighted by molar-refractivity contribution is 0.262. The Morgan fingerprint density at radius 2 is 2.24 bits per heavy atom. The van der Waals surface area contributed by atoms with Crippen LogP contribution < -0.4 is 10.6 Å². The van der Waals surface area contributed by atoms with Gasteiger partial charge in [-0.25, -0.2) is 4.79 Å². The highest BCUT2D eigenvalue weighted by atomic mass is 79.9. The Hall–Kier alpha value is -1.53. The molecule has 2 aromatic rings. The first-order valence-electron chi connectivity index (χ1n) is 4.67. The van der Waals surface area contributed by atoms with Crippen LogP contribution in [0.15, 0.2) is 35.1 Å². The van der Waals surface area contributed by atoms with Crippen molar-refractivity contribution in [3.63, 3.8) is 0 Å². The number of H-pyrrole nitrogens is 1. The summed E-state index contributed by atoms with van der Waals surface area (Å²) in [5, 5.41) is 12.0. The molecule has 1 aromatic heterocycles. The first-order chi connectivity index (χ1) is 8.15. The summed E-state index contributed by atoms with van der Waals surface area (Å²) in [7, 11) is 0. The number of aromatic amines is 1. The van der Waals surface area contributed by atoms with Gasteiger partial charge in [0.25, 0.3) is 0 Å². The van der Waals surface area contributed by atoms with Crippen molar-refractivity contribution < 1.29 is 4.79 Å². The standard InChI is InChI=1S/C10H8BrClN4O/c11-6-1-2-9(8(12)3-6)16-10(17)15-7-4-13-14-5-7/h1-5H,(H,13,14)(H2,15,16,17). The lowest BCUT2D eigenvalue weighted by Crippen LogP contribution is -2.19. The van der Waals surface area contributed by atoms with Crippen LogP contribution in [0.4, 0.5) is 16.2 Å². The summed E-state index contributed by atoms with van der Waals surface area (Å²) in [6.45, 7) is 0. The smallest absolute Gasteiger partial charge is 0.306 e. The maximum Gasteiger partial charge on any atom is 0.323 e. The minimum Gasteiger partial charge on any atom is -0.306 e. The molecule has 0 saturated heterocycles. The van der Waals surface area contributed by atoms with Gasteiger partial charge in [-0.2, -0.15) is 5.10 Å². The second-order valence-electron chi connectivity index (χ2n) is 3.19. The van der Waals surface area contributed by atoms with E-state index in [0.717, 1.165) is 4.47 Å². The van der Waals surface area contributed by atoms with Crippen LogP contribution in [0.1, 0.15) is 0 Å². The highest BCUT2D eigenvalue weighted by Gasteiger charge is 2.06. The van der Waals surface area contributed by atoms with Crippen molar-refractivity contribution in [2.24, 2.45) is 0 Å². The predicted molar refractivity (Wildman–Crippen MR) is 70.4 cm³/mol. The molecule has 0 aliphatic rings. The summed E-state index contributed by atoms with van der Waals surface area (Å²) in [6.07, 6.45) is 3.07. The number of halogens is 2. The normalized spacial score (nSPS) is 10.0. The summed E-state index contributed by atoms with van der Waals surface area (Å²) in [4.78, 5) is 11.6. The van der Waals surface area contributed by atoms with Gasteiger partial charge in [-0.1, -0.05) is 27.5 Å². The molecule has 5 nitrogen and oxygen atoms in total. The number of carbonyl (C=O) groups is 1. The maximum absolute atomic E-state index is 11.6. The Kier molecular flexibility index (Phi) is 3.65. The summed E-state index contributed by atoms with van der Waals surface area (Å²) in [6, 6.07) is 4.83. The van der Waals surface area contributed by atoms with Crippen LogP contribution in [0.25, 0.3) is 0 Å². The van der Waals surface area contributed by atoms with E-state index >= 15 is 0 Å². The number of hydrogen-bond donors (Lipinski definition) is 3. The number of anilines is 2. The van der Waals surface area contributed by atoms with E-state index in [2.05, 4.69) is 36.8 Å². The zero-order valence-corrected chi connectivity index (χ0v) is 10.8. The van der Waals surface area contributed by atoms with Crippen molar-refractivity contribution in [2.45, 2.75) is 0 Å². The molecule has 0 bridgehead atoms. The molecule has 1 aromatic carbocycles. The third-order valence-electron chi connectivity index (χ3n) is 1.94. The van der Waals surface area contributed by atoms with Crippen LogP contribution >= 0.6 is 27.5 Å². The lowest BCUT2D eigenvalue weighted by atomic mass is 10.3. The van der Waals surface area contributed by atoms with E-state index in [-0.39, 0.29) is 6.03 Å². The summed E-state index contributed by atoms with van der Waals surface area (Å²) < 4.78 is 0.850. The number of rotatable bonds is 2. The largest absolute Gasteiger partial charge is 0.323 e. The van der Waals surface area contributed by atoms with Crippen LogP contribution in [0, 0.1) is 0 Å². The Balaban J connectivity index is 2.03. The maximum atomic E-state index is 11.6. The van der Waals surface area contributed by atoms with Crippen LogP contribution in [-0.2, 0) is 0 Å². The molecule has 0 unspecified atom stereocenters. The van der Waals surface area contributed by atoms with Crippen LogP contribution in [0.5, 0.6) is 0 Å². The first-order valence-corrected chi connectivity index (χ1v) is 5.84. The molecule has 1 heterocycles. The first kappa shape index (κ1) is 11.9. The average Bonchev–Trinajstić information content (AvgIpc) is 2.75. The van der Waals surface area contributed by atoms with Gasteiger partial charge in [0.1, 0.15) is 0 Å². The molecule has 2 amide bonds. The third-order valence-corrected chi connectivity index (χ3v) is 2.74. The topological polar surface area (TPSA) is 69.8 Å². The zero-order chi connectivity index (χ0) is 12.3. The van der Waals surface area contributed by atoms with E-state index in [1.54, 1.807) is 24.4 Å². The van der Waals surface area contributed by atoms with Gasteiger partial charge in [0, 0.05) is 10.7 Å². The molecule has 0 aliphatic carbocycles. The van der Waals surface area contributed by atoms with Gasteiger partial charge in [-0.15, -0.1) is 0 Å². The van der Waals surface area contributed by atoms with Crippen molar-refractivity contribution in [3.05, 3.63) is 40.1 Å². The van der Waals surface area contributed by atoms with Crippen molar-refractivity contribution in [2.75, 3.05) is 10.6 Å². The number of carbonyl (C=O) groups excluding carboxylic acids is 1. The zero-order valence-electron chi connectivity index (χ0n) is 8.50. The monoisotopic (exact) mass is 314 g/mol. The number of nitrogens with one attached hydrogen (secondary N) is 3. The fourth-order valence-electron chi connectivity index (χ4n) is 1.19. The molecule has 88 valence electrons. The minimum absolute atomic E-state index is 0.379. The Morgan fingerprint density at radius 1 is 1.41 bits per heavy atom. The molecule has 0 radical (unpaired) electrons. The fraction of sp³-hybridized carbons (Fsp3) is 0. The molecule has 0 spiro atoms. The summed E-state index contributed by atoms with van der Waals surface area (Å²) >= 11 is 9.25. The summed E-state index contributed by atoms with van der Waals surface area (Å²) in [5.74, 6) is 0. The highest BCUT2D eigenvalue weighted by molar-refractivity contribution is 9.10. The fourth-order valence-corrected chi connectivity index (χ4v) is 1.92. The van der Waals surface area contributed by atoms with Crippen LogP contribution in [0.2, 0.25) is 5.02 Å². The SMILES string of the molecule is O=C(Nc1cn[nH]c1)Nc1ccc(Br)cc1Cl. The van der Waals surface area contributed by atoms with Crippen LogP contribution in [-0.4, -0.2) is 16.2 Å². The molecule has 0 atom stereocenters. The number of benzene rings is 1. The van der Waals surface area contributed by atoms with Gasteiger partial charge < -0.3 is 10.6 Å². The Labute approximate surface area is 111 Å². The van der Waals surface area contributed by atoms with Gasteiger partial charge in [0.2, 0.25) is 0 Å². The number of nitrogens with zero attached hydrogens (tertiary/aromatic N) is 1. The molecule has 0 fully saturated rings. The lowest BCUT2D eigenvalue weighted by Gasteiger charge is -2.07. The predicted octanol–water partition coefficient (Wildman–Crippen LogP) is 3.47. The molecular weight excluding hydrogens is 307 g/mol. The van der Waals surface area contributed by atoms with E-state index in [9.17, 15) is 4.79 Å². The van der Waals surface area contributed by atoms with Gasteiger partial charge in [-0.05, 0) is 18.2 Å². The molecule has 17 heavy (non-hydrogen) atoms. The Bertz CT molecular complexity index is 529. The van der Waals surface area contributed by atoms with E-state index < -0.39 is 0 Å². The summed E-state index contributed by atoms with van der Waals surface area (Å²) in [5.41, 5.74) is 1.12. The van der Waals surface area contributed by atoms with E-state index in [4.69, 9.17) is 11.6 Å². The van der Waals surface area contributed by atoms with Crippen molar-refractivity contribution in [1.29, 1.82) is 0 Å². The molecule has 0 saturated carbocycles. The number of hydrogen-bond acceptors (Lipinski definition) is 2. The number of urea groups is 1. The minimum atomic E-state index is -0.379. The second-order valence-corrected chi connectivity index (χ2v) is 4.51. The molecule has 7 heteroatoms.